The molecule has 1 aliphatic rings. The Kier molecular flexibility index (Phi) is 4.64. The Hall–Kier alpha value is -1.28. The van der Waals surface area contributed by atoms with Crippen molar-refractivity contribution in [1.82, 2.24) is 9.88 Å². The third-order valence-corrected chi connectivity index (χ3v) is 4.69. The number of hydrogen-bond acceptors (Lipinski definition) is 6. The number of anilines is 1. The highest BCUT2D eigenvalue weighted by Gasteiger charge is 2.27. The molecule has 7 heteroatoms. The molecule has 0 aliphatic carbocycles. The Labute approximate surface area is 131 Å². The van der Waals surface area contributed by atoms with Crippen LogP contribution < -0.4 is 5.32 Å². The summed E-state index contributed by atoms with van der Waals surface area (Å²) in [4.78, 5) is 18.3. The number of amides is 1. The molecule has 0 radical (unpaired) electrons. The Bertz CT molecular complexity index is 571. The van der Waals surface area contributed by atoms with Gasteiger partial charge in [-0.05, 0) is 29.3 Å². The van der Waals surface area contributed by atoms with E-state index in [-0.39, 0.29) is 18.1 Å². The third-order valence-electron chi connectivity index (χ3n) is 3.30. The minimum Gasteiger partial charge on any atom is -0.368 e. The number of ether oxygens (including phenoxy) is 1. The molecule has 0 aromatic carbocycles. The molecule has 1 saturated heterocycles. The number of rotatable bonds is 4. The van der Waals surface area contributed by atoms with Crippen LogP contribution >= 0.6 is 22.7 Å². The normalized spacial score (nSPS) is 23.1. The molecule has 3 rings (SSSR count). The molecule has 0 bridgehead atoms. The number of aromatic nitrogens is 1. The quantitative estimate of drug-likeness (QED) is 0.940. The highest BCUT2D eigenvalue weighted by Crippen LogP contribution is 2.26. The summed E-state index contributed by atoms with van der Waals surface area (Å²) in [6, 6.07) is 2.08. The summed E-state index contributed by atoms with van der Waals surface area (Å²) in [7, 11) is 0. The highest BCUT2D eigenvalue weighted by atomic mass is 32.1. The maximum Gasteiger partial charge on any atom is 0.240 e. The van der Waals surface area contributed by atoms with Gasteiger partial charge >= 0.3 is 0 Å². The van der Waals surface area contributed by atoms with Crippen LogP contribution in [0.25, 0.3) is 0 Å². The fourth-order valence-corrected chi connectivity index (χ4v) is 3.70. The second-order valence-electron chi connectivity index (χ2n) is 5.07. The predicted octanol–water partition coefficient (Wildman–Crippen LogP) is 2.61. The van der Waals surface area contributed by atoms with E-state index in [2.05, 4.69) is 32.0 Å². The molecule has 0 unspecified atom stereocenters. The largest absolute Gasteiger partial charge is 0.368 e. The van der Waals surface area contributed by atoms with E-state index in [1.165, 1.54) is 16.9 Å². The first kappa shape index (κ1) is 14.6. The Morgan fingerprint density at radius 2 is 2.43 bits per heavy atom. The molecule has 2 aromatic heterocycles. The molecule has 1 N–H and O–H groups in total. The van der Waals surface area contributed by atoms with E-state index in [1.807, 2.05) is 12.3 Å². The van der Waals surface area contributed by atoms with Gasteiger partial charge in [-0.25, -0.2) is 4.98 Å². The maximum atomic E-state index is 12.1. The zero-order chi connectivity index (χ0) is 14.7. The van der Waals surface area contributed by atoms with Crippen LogP contribution in [0.5, 0.6) is 0 Å². The summed E-state index contributed by atoms with van der Waals surface area (Å²) in [6.45, 7) is 3.93. The Morgan fingerprint density at radius 1 is 1.52 bits per heavy atom. The van der Waals surface area contributed by atoms with Crippen molar-refractivity contribution in [2.45, 2.75) is 19.1 Å². The molecule has 5 nitrogen and oxygen atoms in total. The topological polar surface area (TPSA) is 54.5 Å². The fraction of sp³-hybridized carbons (Fsp3) is 0.429. The van der Waals surface area contributed by atoms with Crippen molar-refractivity contribution in [3.8, 4) is 0 Å². The molecule has 2 atom stereocenters. The van der Waals surface area contributed by atoms with Crippen molar-refractivity contribution in [2.24, 2.45) is 0 Å². The van der Waals surface area contributed by atoms with Crippen LogP contribution in [0.15, 0.2) is 28.4 Å². The van der Waals surface area contributed by atoms with Gasteiger partial charge in [-0.15, -0.1) is 11.3 Å². The number of hydrogen-bond donors (Lipinski definition) is 1. The van der Waals surface area contributed by atoms with Crippen LogP contribution in [0.3, 0.4) is 0 Å². The van der Waals surface area contributed by atoms with E-state index < -0.39 is 0 Å². The van der Waals surface area contributed by atoms with Crippen molar-refractivity contribution < 1.29 is 9.53 Å². The van der Waals surface area contributed by atoms with E-state index >= 15 is 0 Å². The smallest absolute Gasteiger partial charge is 0.240 e. The molecule has 3 heterocycles. The average molecular weight is 323 g/mol. The molecule has 1 fully saturated rings. The van der Waals surface area contributed by atoms with Crippen LogP contribution in [-0.2, 0) is 9.53 Å². The summed E-state index contributed by atoms with van der Waals surface area (Å²) >= 11 is 3.10. The molecule has 0 saturated carbocycles. The Morgan fingerprint density at radius 3 is 3.14 bits per heavy atom. The summed E-state index contributed by atoms with van der Waals surface area (Å²) < 4.78 is 5.97. The second kappa shape index (κ2) is 6.65. The van der Waals surface area contributed by atoms with Crippen LogP contribution in [0.1, 0.15) is 18.6 Å². The number of carbonyl (C=O) groups is 1. The number of nitrogens with zero attached hydrogens (tertiary/aromatic N) is 2. The lowest BCUT2D eigenvalue weighted by molar-refractivity contribution is -0.122. The maximum absolute atomic E-state index is 12.1. The highest BCUT2D eigenvalue weighted by molar-refractivity contribution is 7.13. The lowest BCUT2D eigenvalue weighted by Gasteiger charge is -2.36. The van der Waals surface area contributed by atoms with Crippen molar-refractivity contribution in [2.75, 3.05) is 25.0 Å². The first-order valence-corrected chi connectivity index (χ1v) is 8.62. The average Bonchev–Trinajstić information content (AvgIpc) is 3.10. The zero-order valence-electron chi connectivity index (χ0n) is 11.7. The van der Waals surface area contributed by atoms with E-state index in [4.69, 9.17) is 4.74 Å². The van der Waals surface area contributed by atoms with Crippen LogP contribution in [0, 0.1) is 0 Å². The van der Waals surface area contributed by atoms with Gasteiger partial charge in [-0.1, -0.05) is 0 Å². The van der Waals surface area contributed by atoms with Gasteiger partial charge in [0.25, 0.3) is 0 Å². The monoisotopic (exact) mass is 323 g/mol. The van der Waals surface area contributed by atoms with E-state index in [0.717, 1.165) is 13.1 Å². The number of thiophene rings is 1. The van der Waals surface area contributed by atoms with Gasteiger partial charge in [0.05, 0.1) is 18.8 Å². The van der Waals surface area contributed by atoms with Gasteiger partial charge < -0.3 is 10.1 Å². The first-order valence-electron chi connectivity index (χ1n) is 6.80. The van der Waals surface area contributed by atoms with E-state index in [0.29, 0.717) is 11.7 Å². The molecule has 0 spiro atoms. The molecular formula is C14H17N3O2S2. The summed E-state index contributed by atoms with van der Waals surface area (Å²) in [5, 5.41) is 9.48. The predicted molar refractivity (Wildman–Crippen MR) is 84.8 cm³/mol. The number of carbonyl (C=O) groups excluding carboxylic acids is 1. The second-order valence-corrected chi connectivity index (χ2v) is 6.75. The number of thiazole rings is 1. The van der Waals surface area contributed by atoms with Gasteiger partial charge in [0.1, 0.15) is 0 Å². The SMILES string of the molecule is C[C@@H]1CN(CC(=O)Nc2nccs2)C[C@@H](c2ccsc2)O1. The summed E-state index contributed by atoms with van der Waals surface area (Å²) in [6.07, 6.45) is 1.85. The third kappa shape index (κ3) is 3.88. The molecule has 2 aromatic rings. The molecule has 112 valence electrons. The molecular weight excluding hydrogens is 306 g/mol. The summed E-state index contributed by atoms with van der Waals surface area (Å²) in [5.74, 6) is -0.0249. The van der Waals surface area contributed by atoms with Crippen LogP contribution in [0.4, 0.5) is 5.13 Å². The van der Waals surface area contributed by atoms with Gasteiger partial charge in [-0.3, -0.25) is 9.69 Å². The lowest BCUT2D eigenvalue weighted by atomic mass is 10.1. The van der Waals surface area contributed by atoms with Crippen molar-refractivity contribution in [3.05, 3.63) is 34.0 Å². The van der Waals surface area contributed by atoms with Crippen molar-refractivity contribution in [1.29, 1.82) is 0 Å². The minimum absolute atomic E-state index is 0.0249. The standard InChI is InChI=1S/C14H17N3O2S2/c1-10-6-17(7-12(19-10)11-2-4-20-9-11)8-13(18)16-14-15-3-5-21-14/h2-5,9-10,12H,6-8H2,1H3,(H,15,16,18)/t10-,12+/m1/s1. The first-order chi connectivity index (χ1) is 10.2. The number of nitrogens with one attached hydrogen (secondary N) is 1. The minimum atomic E-state index is -0.0249. The van der Waals surface area contributed by atoms with Gasteiger partial charge in [0, 0.05) is 24.7 Å². The van der Waals surface area contributed by atoms with E-state index in [1.54, 1.807) is 17.5 Å². The van der Waals surface area contributed by atoms with E-state index in [9.17, 15) is 4.79 Å². The van der Waals surface area contributed by atoms with Crippen LogP contribution in [-0.4, -0.2) is 41.5 Å². The van der Waals surface area contributed by atoms with Gasteiger partial charge in [0.15, 0.2) is 5.13 Å². The fourth-order valence-electron chi connectivity index (χ4n) is 2.46. The summed E-state index contributed by atoms with van der Waals surface area (Å²) in [5.41, 5.74) is 1.19. The van der Waals surface area contributed by atoms with Gasteiger partial charge in [-0.2, -0.15) is 11.3 Å². The van der Waals surface area contributed by atoms with Crippen molar-refractivity contribution >= 4 is 33.7 Å². The number of morpholine rings is 1. The molecule has 21 heavy (non-hydrogen) atoms. The Balaban J connectivity index is 1.58. The lowest BCUT2D eigenvalue weighted by Crippen LogP contribution is -2.45. The zero-order valence-corrected chi connectivity index (χ0v) is 13.3. The van der Waals surface area contributed by atoms with Crippen molar-refractivity contribution in [3.63, 3.8) is 0 Å². The van der Waals surface area contributed by atoms with Gasteiger partial charge in [0.2, 0.25) is 5.91 Å². The molecule has 1 aliphatic heterocycles. The van der Waals surface area contributed by atoms with Crippen LogP contribution in [0.2, 0.25) is 0 Å². The molecule has 1 amide bonds.